The first-order valence-corrected chi connectivity index (χ1v) is 8.74. The van der Waals surface area contributed by atoms with E-state index in [2.05, 4.69) is 5.32 Å². The van der Waals surface area contributed by atoms with Crippen LogP contribution in [0.4, 0.5) is 4.79 Å². The summed E-state index contributed by atoms with van der Waals surface area (Å²) in [5, 5.41) is 13.0. The van der Waals surface area contributed by atoms with Crippen LogP contribution in [0.2, 0.25) is 0 Å². The molecule has 2 fully saturated rings. The molecule has 1 aliphatic carbocycles. The number of aliphatic hydroxyl groups excluding tert-OH is 1. The summed E-state index contributed by atoms with van der Waals surface area (Å²) in [5.41, 5.74) is -0.618. The molecule has 2 rings (SSSR count). The molecule has 2 unspecified atom stereocenters. The van der Waals surface area contributed by atoms with E-state index < -0.39 is 23.8 Å². The summed E-state index contributed by atoms with van der Waals surface area (Å²) >= 11 is 0. The highest BCUT2D eigenvalue weighted by atomic mass is 16.6. The van der Waals surface area contributed by atoms with Crippen LogP contribution >= 0.6 is 0 Å². The van der Waals surface area contributed by atoms with Crippen LogP contribution in [0.25, 0.3) is 0 Å². The largest absolute Gasteiger partial charge is 0.444 e. The van der Waals surface area contributed by atoms with Gasteiger partial charge in [-0.25, -0.2) is 4.79 Å². The first-order valence-electron chi connectivity index (χ1n) is 8.74. The molecule has 2 N–H and O–H groups in total. The Morgan fingerprint density at radius 2 is 1.74 bits per heavy atom. The lowest BCUT2D eigenvalue weighted by atomic mass is 10.1. The molecule has 1 aliphatic heterocycles. The van der Waals surface area contributed by atoms with Gasteiger partial charge in [0.15, 0.2) is 0 Å². The van der Waals surface area contributed by atoms with Crippen molar-refractivity contribution in [2.45, 2.75) is 89.5 Å². The average molecular weight is 326 g/mol. The van der Waals surface area contributed by atoms with E-state index in [0.717, 1.165) is 25.7 Å². The standard InChI is InChI=1S/C17H30N2O4/c1-17(2,3)23-16(22)19-11-13(20)10-14(19)15(21)18-12-8-6-4-5-7-9-12/h12-14,20H,4-11H2,1-3H3,(H,18,21). The van der Waals surface area contributed by atoms with Crippen LogP contribution in [0.15, 0.2) is 0 Å². The van der Waals surface area contributed by atoms with E-state index in [9.17, 15) is 14.7 Å². The van der Waals surface area contributed by atoms with E-state index >= 15 is 0 Å². The molecule has 23 heavy (non-hydrogen) atoms. The highest BCUT2D eigenvalue weighted by molar-refractivity contribution is 5.86. The Bertz CT molecular complexity index is 425. The van der Waals surface area contributed by atoms with Crippen molar-refractivity contribution in [2.24, 2.45) is 0 Å². The molecule has 132 valence electrons. The Kier molecular flexibility index (Phi) is 5.89. The normalized spacial score (nSPS) is 26.7. The number of likely N-dealkylation sites (tertiary alicyclic amines) is 1. The lowest BCUT2D eigenvalue weighted by molar-refractivity contribution is -0.126. The zero-order valence-corrected chi connectivity index (χ0v) is 14.5. The minimum Gasteiger partial charge on any atom is -0.444 e. The maximum Gasteiger partial charge on any atom is 0.411 e. The van der Waals surface area contributed by atoms with Gasteiger partial charge in [0.25, 0.3) is 0 Å². The third-order valence-electron chi connectivity index (χ3n) is 4.41. The Labute approximate surface area is 138 Å². The third kappa shape index (κ3) is 5.37. The highest BCUT2D eigenvalue weighted by Crippen LogP contribution is 2.23. The monoisotopic (exact) mass is 326 g/mol. The van der Waals surface area contributed by atoms with Gasteiger partial charge in [0.1, 0.15) is 11.6 Å². The Morgan fingerprint density at radius 3 is 2.30 bits per heavy atom. The predicted molar refractivity (Wildman–Crippen MR) is 87.0 cm³/mol. The van der Waals surface area contributed by atoms with Crippen molar-refractivity contribution in [3.63, 3.8) is 0 Å². The summed E-state index contributed by atoms with van der Waals surface area (Å²) in [6.07, 6.45) is 5.76. The average Bonchev–Trinajstić information content (AvgIpc) is 2.65. The molecule has 1 saturated heterocycles. The fourth-order valence-electron chi connectivity index (χ4n) is 3.31. The Morgan fingerprint density at radius 1 is 1.13 bits per heavy atom. The van der Waals surface area contributed by atoms with Gasteiger partial charge in [-0.15, -0.1) is 0 Å². The molecule has 6 heteroatoms. The van der Waals surface area contributed by atoms with Crippen molar-refractivity contribution >= 4 is 12.0 Å². The molecular formula is C17H30N2O4. The number of nitrogens with zero attached hydrogens (tertiary/aromatic N) is 1. The van der Waals surface area contributed by atoms with Crippen LogP contribution in [0.1, 0.15) is 65.7 Å². The van der Waals surface area contributed by atoms with Crippen molar-refractivity contribution in [3.8, 4) is 0 Å². The second-order valence-electron chi connectivity index (χ2n) is 7.74. The fourth-order valence-corrected chi connectivity index (χ4v) is 3.31. The predicted octanol–water partition coefficient (Wildman–Crippen LogP) is 2.20. The minimum absolute atomic E-state index is 0.150. The summed E-state index contributed by atoms with van der Waals surface area (Å²) in [7, 11) is 0. The molecule has 0 radical (unpaired) electrons. The fraction of sp³-hybridized carbons (Fsp3) is 0.882. The van der Waals surface area contributed by atoms with Crippen LogP contribution in [0, 0.1) is 0 Å². The molecule has 1 heterocycles. The topological polar surface area (TPSA) is 78.9 Å². The quantitative estimate of drug-likeness (QED) is 0.763. The van der Waals surface area contributed by atoms with Gasteiger partial charge in [-0.2, -0.15) is 0 Å². The van der Waals surface area contributed by atoms with E-state index in [0.29, 0.717) is 0 Å². The van der Waals surface area contributed by atoms with Crippen molar-refractivity contribution in [1.29, 1.82) is 0 Å². The van der Waals surface area contributed by atoms with E-state index in [1.165, 1.54) is 17.7 Å². The number of rotatable bonds is 2. The van der Waals surface area contributed by atoms with E-state index in [1.54, 1.807) is 20.8 Å². The first-order chi connectivity index (χ1) is 10.8. The number of ether oxygens (including phenoxy) is 1. The van der Waals surface area contributed by atoms with Gasteiger partial charge in [-0.1, -0.05) is 25.7 Å². The smallest absolute Gasteiger partial charge is 0.411 e. The Balaban J connectivity index is 1.97. The van der Waals surface area contributed by atoms with E-state index in [4.69, 9.17) is 4.74 Å². The number of aliphatic hydroxyl groups is 1. The molecular weight excluding hydrogens is 296 g/mol. The number of nitrogens with one attached hydrogen (secondary N) is 1. The lowest BCUT2D eigenvalue weighted by Gasteiger charge is -2.28. The van der Waals surface area contributed by atoms with Crippen LogP contribution in [0.3, 0.4) is 0 Å². The number of hydrogen-bond acceptors (Lipinski definition) is 4. The number of amides is 2. The van der Waals surface area contributed by atoms with Crippen molar-refractivity contribution in [3.05, 3.63) is 0 Å². The van der Waals surface area contributed by atoms with Gasteiger partial charge >= 0.3 is 6.09 Å². The van der Waals surface area contributed by atoms with Crippen LogP contribution < -0.4 is 5.32 Å². The van der Waals surface area contributed by atoms with Crippen molar-refractivity contribution < 1.29 is 19.4 Å². The van der Waals surface area contributed by atoms with Crippen LogP contribution in [0.5, 0.6) is 0 Å². The lowest BCUT2D eigenvalue weighted by Crippen LogP contribution is -2.49. The highest BCUT2D eigenvalue weighted by Gasteiger charge is 2.41. The Hall–Kier alpha value is -1.30. The summed E-state index contributed by atoms with van der Waals surface area (Å²) in [6, 6.07) is -0.452. The number of β-amino-alcohol motifs (C(OH)–C–C–N with tert-alkyl or cyclic N) is 1. The molecule has 2 aliphatic rings. The zero-order valence-electron chi connectivity index (χ0n) is 14.5. The molecule has 0 aromatic heterocycles. The molecule has 1 saturated carbocycles. The van der Waals surface area contributed by atoms with Gasteiger partial charge in [0, 0.05) is 12.5 Å². The molecule has 0 spiro atoms. The van der Waals surface area contributed by atoms with Gasteiger partial charge in [-0.05, 0) is 33.6 Å². The maximum absolute atomic E-state index is 12.6. The van der Waals surface area contributed by atoms with Crippen LogP contribution in [-0.4, -0.2) is 52.3 Å². The number of carbonyl (C=O) groups is 2. The van der Waals surface area contributed by atoms with Gasteiger partial charge in [-0.3, -0.25) is 9.69 Å². The van der Waals surface area contributed by atoms with Gasteiger partial charge in [0.2, 0.25) is 5.91 Å². The number of carbonyl (C=O) groups excluding carboxylic acids is 2. The minimum atomic E-state index is -0.674. The van der Waals surface area contributed by atoms with Gasteiger partial charge < -0.3 is 15.2 Å². The van der Waals surface area contributed by atoms with Gasteiger partial charge in [0.05, 0.1) is 12.6 Å². The van der Waals surface area contributed by atoms with Crippen LogP contribution in [-0.2, 0) is 9.53 Å². The molecule has 0 aromatic rings. The number of hydrogen-bond donors (Lipinski definition) is 2. The molecule has 0 bridgehead atoms. The van der Waals surface area contributed by atoms with E-state index in [-0.39, 0.29) is 24.9 Å². The zero-order chi connectivity index (χ0) is 17.0. The van der Waals surface area contributed by atoms with Crippen molar-refractivity contribution in [2.75, 3.05) is 6.54 Å². The summed E-state index contributed by atoms with van der Waals surface area (Å²) < 4.78 is 5.36. The maximum atomic E-state index is 12.6. The second-order valence-corrected chi connectivity index (χ2v) is 7.74. The molecule has 0 aromatic carbocycles. The second kappa shape index (κ2) is 7.51. The SMILES string of the molecule is CC(C)(C)OC(=O)N1CC(O)CC1C(=O)NC1CCCCCC1. The summed E-state index contributed by atoms with van der Waals surface area (Å²) in [5.74, 6) is -0.167. The molecule has 2 atom stereocenters. The first kappa shape index (κ1) is 18.0. The van der Waals surface area contributed by atoms with Crippen molar-refractivity contribution in [1.82, 2.24) is 10.2 Å². The third-order valence-corrected chi connectivity index (χ3v) is 4.41. The molecule has 2 amide bonds. The van der Waals surface area contributed by atoms with E-state index in [1.807, 2.05) is 0 Å². The summed E-state index contributed by atoms with van der Waals surface area (Å²) in [4.78, 5) is 26.2. The summed E-state index contributed by atoms with van der Waals surface area (Å²) in [6.45, 7) is 5.52. The molecule has 6 nitrogen and oxygen atoms in total.